The van der Waals surface area contributed by atoms with Crippen LogP contribution in [0.25, 0.3) is 0 Å². The molecule has 0 spiro atoms. The van der Waals surface area contributed by atoms with E-state index in [0.29, 0.717) is 33.1 Å². The summed E-state index contributed by atoms with van der Waals surface area (Å²) >= 11 is 0. The predicted octanol–water partition coefficient (Wildman–Crippen LogP) is 3.67. The van der Waals surface area contributed by atoms with Crippen LogP contribution in [0.2, 0.25) is 0 Å². The van der Waals surface area contributed by atoms with Crippen LogP contribution in [0.1, 0.15) is 43.7 Å². The highest BCUT2D eigenvalue weighted by Gasteiger charge is 2.51. The molecule has 0 radical (unpaired) electrons. The first kappa shape index (κ1) is 25.1. The quantitative estimate of drug-likeness (QED) is 0.659. The predicted molar refractivity (Wildman–Crippen MR) is 122 cm³/mol. The van der Waals surface area contributed by atoms with Gasteiger partial charge in [0, 0.05) is 50.5 Å². The van der Waals surface area contributed by atoms with E-state index in [4.69, 9.17) is 0 Å². The third-order valence-electron chi connectivity index (χ3n) is 7.32. The Balaban J connectivity index is 1.43. The molecule has 1 unspecified atom stereocenters. The van der Waals surface area contributed by atoms with E-state index in [1.165, 1.54) is 22.7 Å². The van der Waals surface area contributed by atoms with Crippen molar-refractivity contribution in [2.75, 3.05) is 32.7 Å². The Morgan fingerprint density at radius 1 is 0.971 bits per heavy atom. The second kappa shape index (κ2) is 9.22. The summed E-state index contributed by atoms with van der Waals surface area (Å²) in [5.41, 5.74) is -2.10. The molecule has 1 aromatic heterocycles. The molecule has 2 fully saturated rings. The lowest BCUT2D eigenvalue weighted by atomic mass is 9.78. The van der Waals surface area contributed by atoms with Crippen LogP contribution in [0.4, 0.5) is 13.2 Å². The van der Waals surface area contributed by atoms with Crippen molar-refractivity contribution in [3.63, 3.8) is 0 Å². The zero-order valence-electron chi connectivity index (χ0n) is 19.1. The summed E-state index contributed by atoms with van der Waals surface area (Å²) in [7, 11) is -3.84. The van der Waals surface area contributed by atoms with Gasteiger partial charge in [-0.1, -0.05) is 25.0 Å². The Bertz CT molecular complexity index is 1080. The molecule has 1 saturated carbocycles. The van der Waals surface area contributed by atoms with Crippen molar-refractivity contribution < 1.29 is 26.7 Å². The third kappa shape index (κ3) is 4.73. The van der Waals surface area contributed by atoms with Gasteiger partial charge in [-0.05, 0) is 55.2 Å². The molecule has 2 aliphatic rings. The number of hydrogen-bond acceptors (Lipinski definition) is 5. The zero-order chi connectivity index (χ0) is 24.6. The Kier molecular flexibility index (Phi) is 6.80. The van der Waals surface area contributed by atoms with Crippen LogP contribution in [-0.2, 0) is 21.0 Å². The van der Waals surface area contributed by atoms with E-state index in [1.807, 2.05) is 12.4 Å². The smallest absolute Gasteiger partial charge is 0.376 e. The highest BCUT2D eigenvalue weighted by Crippen LogP contribution is 2.42. The summed E-state index contributed by atoms with van der Waals surface area (Å²) in [5, 5.41) is 9.82. The lowest BCUT2D eigenvalue weighted by Crippen LogP contribution is -2.51. The number of benzene rings is 1. The van der Waals surface area contributed by atoms with Crippen LogP contribution in [-0.4, -0.2) is 66.6 Å². The standard InChI is InChI=1S/C24H30F3N3O3S/c1-22(31,24(25,26)27)19-4-6-21(7-5-19)34(32,33)30-16-14-29(15-17-30)18-23(10-2-3-11-23)20-8-12-28-13-9-20/h4-9,12-13,31H,2-3,10-11,14-18H2,1H3. The monoisotopic (exact) mass is 497 g/mol. The van der Waals surface area contributed by atoms with Gasteiger partial charge in [0.25, 0.3) is 0 Å². The molecule has 1 aromatic carbocycles. The van der Waals surface area contributed by atoms with Crippen molar-refractivity contribution in [2.45, 2.75) is 54.7 Å². The van der Waals surface area contributed by atoms with Gasteiger partial charge in [-0.15, -0.1) is 0 Å². The van der Waals surface area contributed by atoms with Gasteiger partial charge in [-0.3, -0.25) is 9.88 Å². The number of pyridine rings is 1. The number of aromatic nitrogens is 1. The van der Waals surface area contributed by atoms with E-state index in [2.05, 4.69) is 22.0 Å². The fourth-order valence-corrected chi connectivity index (χ4v) is 6.54. The maximum Gasteiger partial charge on any atom is 0.421 e. The summed E-state index contributed by atoms with van der Waals surface area (Å²) in [6, 6.07) is 8.46. The van der Waals surface area contributed by atoms with E-state index in [1.54, 1.807) is 0 Å². The zero-order valence-corrected chi connectivity index (χ0v) is 19.9. The van der Waals surface area contributed by atoms with Crippen molar-refractivity contribution in [3.05, 3.63) is 59.9 Å². The molecule has 10 heteroatoms. The minimum Gasteiger partial charge on any atom is -0.376 e. The molecule has 0 amide bonds. The Labute approximate surface area is 198 Å². The van der Waals surface area contributed by atoms with Gasteiger partial charge in [0.1, 0.15) is 0 Å². The number of rotatable bonds is 6. The second-order valence-corrected chi connectivity index (χ2v) is 11.4. The first-order valence-corrected chi connectivity index (χ1v) is 12.9. The topological polar surface area (TPSA) is 73.7 Å². The molecule has 1 atom stereocenters. The van der Waals surface area contributed by atoms with Crippen molar-refractivity contribution in [2.24, 2.45) is 0 Å². The Morgan fingerprint density at radius 2 is 1.53 bits per heavy atom. The average molecular weight is 498 g/mol. The van der Waals surface area contributed by atoms with Gasteiger partial charge in [0.05, 0.1) is 4.90 Å². The molecule has 1 aliphatic carbocycles. The third-order valence-corrected chi connectivity index (χ3v) is 9.23. The molecule has 2 heterocycles. The number of aliphatic hydroxyl groups is 1. The number of sulfonamides is 1. The fourth-order valence-electron chi connectivity index (χ4n) is 5.12. The minimum absolute atomic E-state index is 0.0647. The van der Waals surface area contributed by atoms with Crippen LogP contribution in [0.5, 0.6) is 0 Å². The molecule has 6 nitrogen and oxygen atoms in total. The lowest BCUT2D eigenvalue weighted by molar-refractivity contribution is -0.258. The molecule has 0 bridgehead atoms. The molecule has 1 saturated heterocycles. The number of halogens is 3. The molecule has 186 valence electrons. The Hall–Kier alpha value is -2.01. The summed E-state index contributed by atoms with van der Waals surface area (Å²) in [5.74, 6) is 0. The van der Waals surface area contributed by atoms with Crippen molar-refractivity contribution in [1.82, 2.24) is 14.2 Å². The largest absolute Gasteiger partial charge is 0.421 e. The number of alkyl halides is 3. The molecule has 2 aromatic rings. The van der Waals surface area contributed by atoms with Crippen LogP contribution in [0.15, 0.2) is 53.7 Å². The summed E-state index contributed by atoms with van der Waals surface area (Å²) in [6.07, 6.45) is 3.32. The van der Waals surface area contributed by atoms with Crippen LogP contribution in [0, 0.1) is 0 Å². The summed E-state index contributed by atoms with van der Waals surface area (Å²) in [4.78, 5) is 6.36. The van der Waals surface area contributed by atoms with E-state index < -0.39 is 27.4 Å². The maximum atomic E-state index is 13.1. The molecule has 4 rings (SSSR count). The van der Waals surface area contributed by atoms with Gasteiger partial charge in [-0.25, -0.2) is 8.42 Å². The van der Waals surface area contributed by atoms with E-state index in [0.717, 1.165) is 43.7 Å². The van der Waals surface area contributed by atoms with Crippen molar-refractivity contribution >= 4 is 10.0 Å². The van der Waals surface area contributed by atoms with Crippen LogP contribution in [0.3, 0.4) is 0 Å². The second-order valence-electron chi connectivity index (χ2n) is 9.50. The number of piperazine rings is 1. The molecule has 1 N–H and O–H groups in total. The summed E-state index contributed by atoms with van der Waals surface area (Å²) < 4.78 is 66.8. The van der Waals surface area contributed by atoms with Crippen molar-refractivity contribution in [1.29, 1.82) is 0 Å². The molecule has 34 heavy (non-hydrogen) atoms. The average Bonchev–Trinajstić information content (AvgIpc) is 3.29. The van der Waals surface area contributed by atoms with Crippen LogP contribution >= 0.6 is 0 Å². The van der Waals surface area contributed by atoms with Gasteiger partial charge in [0.15, 0.2) is 5.60 Å². The van der Waals surface area contributed by atoms with E-state index in [-0.39, 0.29) is 10.3 Å². The molecular weight excluding hydrogens is 467 g/mol. The molecule has 1 aliphatic heterocycles. The minimum atomic E-state index is -4.86. The van der Waals surface area contributed by atoms with Crippen molar-refractivity contribution in [3.8, 4) is 0 Å². The number of hydrogen-bond donors (Lipinski definition) is 1. The highest BCUT2D eigenvalue weighted by molar-refractivity contribution is 7.89. The lowest BCUT2D eigenvalue weighted by Gasteiger charge is -2.40. The first-order chi connectivity index (χ1) is 16.0. The maximum absolute atomic E-state index is 13.1. The highest BCUT2D eigenvalue weighted by atomic mass is 32.2. The number of nitrogens with zero attached hydrogens (tertiary/aromatic N) is 3. The SMILES string of the molecule is CC(O)(c1ccc(S(=O)(=O)N2CCN(CC3(c4ccncc4)CCCC3)CC2)cc1)C(F)(F)F. The van der Waals surface area contributed by atoms with E-state index in [9.17, 15) is 26.7 Å². The fraction of sp³-hybridized carbons (Fsp3) is 0.542. The normalized spacial score (nSPS) is 21.9. The van der Waals surface area contributed by atoms with Gasteiger partial charge in [-0.2, -0.15) is 17.5 Å². The van der Waals surface area contributed by atoms with Gasteiger partial charge >= 0.3 is 6.18 Å². The van der Waals surface area contributed by atoms with Gasteiger partial charge in [0.2, 0.25) is 10.0 Å². The molecular formula is C24H30F3N3O3S. The van der Waals surface area contributed by atoms with E-state index >= 15 is 0 Å². The van der Waals surface area contributed by atoms with Gasteiger partial charge < -0.3 is 5.11 Å². The first-order valence-electron chi connectivity index (χ1n) is 11.5. The Morgan fingerprint density at radius 3 is 2.06 bits per heavy atom. The van der Waals surface area contributed by atoms with Crippen LogP contribution < -0.4 is 0 Å². The summed E-state index contributed by atoms with van der Waals surface area (Å²) in [6.45, 7) is 3.33.